The number of nitrogens with zero attached hydrogens (tertiary/aromatic N) is 2. The van der Waals surface area contributed by atoms with E-state index >= 15 is 0 Å². The molecule has 0 aliphatic heterocycles. The molecule has 1 aliphatic carbocycles. The molecular formula is C12H18N4. The number of nitrogens with two attached hydrogens (primary N) is 1. The van der Waals surface area contributed by atoms with Gasteiger partial charge in [-0.15, -0.1) is 0 Å². The van der Waals surface area contributed by atoms with Gasteiger partial charge >= 0.3 is 0 Å². The Labute approximate surface area is 96.0 Å². The molecule has 0 spiro atoms. The first kappa shape index (κ1) is 11.1. The van der Waals surface area contributed by atoms with E-state index in [0.29, 0.717) is 6.54 Å². The normalized spacial score (nSPS) is 15.1. The van der Waals surface area contributed by atoms with Gasteiger partial charge in [0.05, 0.1) is 0 Å². The van der Waals surface area contributed by atoms with Crippen molar-refractivity contribution in [2.75, 3.05) is 18.4 Å². The predicted octanol–water partition coefficient (Wildman–Crippen LogP) is 1.28. The van der Waals surface area contributed by atoms with Gasteiger partial charge in [-0.3, -0.25) is 0 Å². The molecule has 0 bridgehead atoms. The molecule has 0 aromatic carbocycles. The zero-order valence-corrected chi connectivity index (χ0v) is 9.45. The number of aromatic nitrogens is 2. The number of hydrogen-bond donors (Lipinski definition) is 2. The predicted molar refractivity (Wildman–Crippen MR) is 65.4 cm³/mol. The zero-order chi connectivity index (χ0) is 11.2. The Morgan fingerprint density at radius 2 is 2.12 bits per heavy atom. The highest BCUT2D eigenvalue weighted by molar-refractivity contribution is 5.47. The van der Waals surface area contributed by atoms with Crippen molar-refractivity contribution in [2.24, 2.45) is 5.73 Å². The Hall–Kier alpha value is -1.42. The Bertz CT molecular complexity index is 373. The van der Waals surface area contributed by atoms with E-state index in [9.17, 15) is 0 Å². The minimum Gasteiger partial charge on any atom is -0.366 e. The van der Waals surface area contributed by atoms with Crippen LogP contribution in [0.25, 0.3) is 0 Å². The summed E-state index contributed by atoms with van der Waals surface area (Å²) in [6.45, 7) is 1.37. The van der Waals surface area contributed by atoms with Crippen molar-refractivity contribution in [1.29, 1.82) is 0 Å². The second kappa shape index (κ2) is 5.61. The van der Waals surface area contributed by atoms with Crippen LogP contribution in [0.1, 0.15) is 24.1 Å². The molecule has 0 saturated heterocycles. The van der Waals surface area contributed by atoms with Crippen LogP contribution < -0.4 is 11.1 Å². The summed E-state index contributed by atoms with van der Waals surface area (Å²) in [5.74, 6) is 0.992. The van der Waals surface area contributed by atoms with Crippen molar-refractivity contribution in [1.82, 2.24) is 9.97 Å². The smallest absolute Gasteiger partial charge is 0.133 e. The maximum atomic E-state index is 5.38. The van der Waals surface area contributed by atoms with Gasteiger partial charge in [0, 0.05) is 24.3 Å². The van der Waals surface area contributed by atoms with Crippen molar-refractivity contribution < 1.29 is 0 Å². The molecule has 1 aromatic heterocycles. The van der Waals surface area contributed by atoms with Gasteiger partial charge in [0.15, 0.2) is 0 Å². The van der Waals surface area contributed by atoms with Crippen LogP contribution >= 0.6 is 0 Å². The quantitative estimate of drug-likeness (QED) is 0.747. The van der Waals surface area contributed by atoms with E-state index in [-0.39, 0.29) is 0 Å². The average Bonchev–Trinajstić information content (AvgIpc) is 2.35. The third kappa shape index (κ3) is 2.58. The summed E-state index contributed by atoms with van der Waals surface area (Å²) >= 11 is 0. The molecule has 0 unspecified atom stereocenters. The maximum Gasteiger partial charge on any atom is 0.133 e. The lowest BCUT2D eigenvalue weighted by Gasteiger charge is -2.17. The molecule has 86 valence electrons. The summed E-state index contributed by atoms with van der Waals surface area (Å²) in [6, 6.07) is 0. The number of rotatable bonds is 4. The van der Waals surface area contributed by atoms with Crippen molar-refractivity contribution in [3.8, 4) is 0 Å². The monoisotopic (exact) mass is 218 g/mol. The molecular weight excluding hydrogens is 200 g/mol. The number of nitrogens with one attached hydrogen (secondary N) is 1. The first-order valence-electron chi connectivity index (χ1n) is 5.83. The standard InChI is InChI=1S/C12H18N4/c13-7-3-4-8-14-12-10-5-1-2-6-11(10)15-9-16-12/h3-4,9H,1-2,5-8,13H2,(H,14,15,16)/b4-3+. The third-order valence-corrected chi connectivity index (χ3v) is 2.82. The van der Waals surface area contributed by atoms with Crippen molar-refractivity contribution >= 4 is 5.82 Å². The van der Waals surface area contributed by atoms with Crippen molar-refractivity contribution in [2.45, 2.75) is 25.7 Å². The van der Waals surface area contributed by atoms with Gasteiger partial charge in [-0.25, -0.2) is 9.97 Å². The molecule has 1 aromatic rings. The van der Waals surface area contributed by atoms with Gasteiger partial charge in [0.25, 0.3) is 0 Å². The lowest BCUT2D eigenvalue weighted by Crippen LogP contribution is -2.12. The van der Waals surface area contributed by atoms with Gasteiger partial charge in [0.2, 0.25) is 0 Å². The number of anilines is 1. The fourth-order valence-electron chi connectivity index (χ4n) is 2.01. The van der Waals surface area contributed by atoms with E-state index in [1.54, 1.807) is 6.33 Å². The van der Waals surface area contributed by atoms with Gasteiger partial charge in [-0.1, -0.05) is 12.2 Å². The molecule has 4 nitrogen and oxygen atoms in total. The van der Waals surface area contributed by atoms with Crippen LogP contribution in [0, 0.1) is 0 Å². The highest BCUT2D eigenvalue weighted by Crippen LogP contribution is 2.23. The van der Waals surface area contributed by atoms with Gasteiger partial charge in [0.1, 0.15) is 12.1 Å². The molecule has 1 aliphatic rings. The SMILES string of the molecule is NC/C=C/CNc1ncnc2c1CCCC2. The minimum atomic E-state index is 0.587. The second-order valence-electron chi connectivity index (χ2n) is 3.94. The highest BCUT2D eigenvalue weighted by Gasteiger charge is 2.14. The average molecular weight is 218 g/mol. The number of aryl methyl sites for hydroxylation is 1. The Kier molecular flexibility index (Phi) is 3.88. The molecule has 0 radical (unpaired) electrons. The molecule has 2 rings (SSSR count). The van der Waals surface area contributed by atoms with Gasteiger partial charge in [-0.05, 0) is 25.7 Å². The summed E-state index contributed by atoms with van der Waals surface area (Å²) in [4.78, 5) is 8.64. The fraction of sp³-hybridized carbons (Fsp3) is 0.500. The highest BCUT2D eigenvalue weighted by atomic mass is 15.0. The van der Waals surface area contributed by atoms with Crippen LogP contribution in [0.15, 0.2) is 18.5 Å². The number of hydrogen-bond acceptors (Lipinski definition) is 4. The van der Waals surface area contributed by atoms with Crippen molar-refractivity contribution in [3.63, 3.8) is 0 Å². The molecule has 1 heterocycles. The molecule has 0 atom stereocenters. The Balaban J connectivity index is 2.06. The minimum absolute atomic E-state index is 0.587. The molecule has 0 amide bonds. The summed E-state index contributed by atoms with van der Waals surface area (Å²) in [6.07, 6.45) is 10.3. The largest absolute Gasteiger partial charge is 0.366 e. The lowest BCUT2D eigenvalue weighted by atomic mass is 9.96. The molecule has 16 heavy (non-hydrogen) atoms. The van der Waals surface area contributed by atoms with Crippen LogP contribution in [0.3, 0.4) is 0 Å². The van der Waals surface area contributed by atoms with Crippen LogP contribution in [0.2, 0.25) is 0 Å². The lowest BCUT2D eigenvalue weighted by molar-refractivity contribution is 0.663. The Morgan fingerprint density at radius 3 is 3.00 bits per heavy atom. The Morgan fingerprint density at radius 1 is 1.25 bits per heavy atom. The van der Waals surface area contributed by atoms with E-state index in [4.69, 9.17) is 5.73 Å². The summed E-state index contributed by atoms with van der Waals surface area (Å²) < 4.78 is 0. The number of fused-ring (bicyclic) bond motifs is 1. The summed E-state index contributed by atoms with van der Waals surface area (Å²) in [7, 11) is 0. The van der Waals surface area contributed by atoms with Crippen molar-refractivity contribution in [3.05, 3.63) is 29.7 Å². The zero-order valence-electron chi connectivity index (χ0n) is 9.45. The van der Waals surface area contributed by atoms with E-state index in [2.05, 4.69) is 15.3 Å². The summed E-state index contributed by atoms with van der Waals surface area (Å²) in [5.41, 5.74) is 7.89. The van der Waals surface area contributed by atoms with E-state index in [0.717, 1.165) is 25.2 Å². The fourth-order valence-corrected chi connectivity index (χ4v) is 2.01. The van der Waals surface area contributed by atoms with Crippen LogP contribution in [-0.4, -0.2) is 23.1 Å². The van der Waals surface area contributed by atoms with E-state index in [1.165, 1.54) is 24.1 Å². The summed E-state index contributed by atoms with van der Waals surface area (Å²) in [5, 5.41) is 3.31. The molecule has 3 N–H and O–H groups in total. The first-order valence-corrected chi connectivity index (χ1v) is 5.83. The topological polar surface area (TPSA) is 63.8 Å². The van der Waals surface area contributed by atoms with Crippen LogP contribution in [-0.2, 0) is 12.8 Å². The van der Waals surface area contributed by atoms with Crippen LogP contribution in [0.5, 0.6) is 0 Å². The van der Waals surface area contributed by atoms with Gasteiger partial charge < -0.3 is 11.1 Å². The maximum absolute atomic E-state index is 5.38. The molecule has 4 heteroatoms. The van der Waals surface area contributed by atoms with E-state index in [1.807, 2.05) is 12.2 Å². The van der Waals surface area contributed by atoms with E-state index < -0.39 is 0 Å². The third-order valence-electron chi connectivity index (χ3n) is 2.82. The van der Waals surface area contributed by atoms with Gasteiger partial charge in [-0.2, -0.15) is 0 Å². The van der Waals surface area contributed by atoms with Crippen LogP contribution in [0.4, 0.5) is 5.82 Å². The second-order valence-corrected chi connectivity index (χ2v) is 3.94. The molecule has 0 fully saturated rings. The first-order chi connectivity index (χ1) is 7.92. The molecule has 0 saturated carbocycles.